The van der Waals surface area contributed by atoms with Crippen molar-refractivity contribution in [3.63, 3.8) is 0 Å². The van der Waals surface area contributed by atoms with E-state index < -0.39 is 17.8 Å². The van der Waals surface area contributed by atoms with Gasteiger partial charge in [0.05, 0.1) is 11.5 Å². The van der Waals surface area contributed by atoms with Crippen LogP contribution in [0.2, 0.25) is 0 Å². The molecule has 0 bridgehead atoms. The zero-order valence-corrected chi connectivity index (χ0v) is 14.6. The van der Waals surface area contributed by atoms with Crippen molar-refractivity contribution in [1.29, 1.82) is 0 Å². The fraction of sp³-hybridized carbons (Fsp3) is 0.462. The van der Waals surface area contributed by atoms with Gasteiger partial charge in [0.2, 0.25) is 10.0 Å². The van der Waals surface area contributed by atoms with Crippen LogP contribution >= 0.6 is 7.82 Å². The minimum absolute atomic E-state index is 0.00691. The Morgan fingerprint density at radius 1 is 1.12 bits per heavy atom. The van der Waals surface area contributed by atoms with Crippen molar-refractivity contribution in [3.8, 4) is 0 Å². The van der Waals surface area contributed by atoms with E-state index in [1.165, 1.54) is 24.3 Å². The summed E-state index contributed by atoms with van der Waals surface area (Å²) < 4.78 is 37.0. The number of hydrogen-bond donors (Lipinski definition) is 4. The molecule has 0 aliphatic rings. The van der Waals surface area contributed by atoms with Crippen molar-refractivity contribution in [2.24, 2.45) is 5.14 Å². The summed E-state index contributed by atoms with van der Waals surface area (Å²) in [6.07, 6.45) is 2.72. The van der Waals surface area contributed by atoms with E-state index in [0.717, 1.165) is 12.8 Å². The average molecular weight is 380 g/mol. The van der Waals surface area contributed by atoms with Crippen LogP contribution in [0.5, 0.6) is 0 Å². The van der Waals surface area contributed by atoms with E-state index in [0.29, 0.717) is 24.9 Å². The maximum Gasteiger partial charge on any atom is 0.469 e. The van der Waals surface area contributed by atoms with E-state index in [4.69, 9.17) is 14.9 Å². The average Bonchev–Trinajstić information content (AvgIpc) is 2.48. The number of primary sulfonamides is 1. The summed E-state index contributed by atoms with van der Waals surface area (Å²) in [6, 6.07) is 5.31. The van der Waals surface area contributed by atoms with Crippen LogP contribution in [0, 0.1) is 0 Å². The molecule has 0 atom stereocenters. The first-order chi connectivity index (χ1) is 11.1. The van der Waals surface area contributed by atoms with Crippen molar-refractivity contribution < 1.29 is 32.1 Å². The third-order valence-electron chi connectivity index (χ3n) is 3.06. The molecule has 9 nitrogen and oxygen atoms in total. The number of rotatable bonds is 10. The van der Waals surface area contributed by atoms with E-state index in [9.17, 15) is 17.8 Å². The van der Waals surface area contributed by atoms with E-state index in [2.05, 4.69) is 9.84 Å². The molecule has 0 saturated carbocycles. The van der Waals surface area contributed by atoms with Gasteiger partial charge in [-0.05, 0) is 37.1 Å². The lowest BCUT2D eigenvalue weighted by Gasteiger charge is -2.07. The number of carbonyl (C=O) groups excluding carboxylic acids is 1. The van der Waals surface area contributed by atoms with E-state index >= 15 is 0 Å². The summed E-state index contributed by atoms with van der Waals surface area (Å²) in [4.78, 5) is 28.8. The van der Waals surface area contributed by atoms with Crippen LogP contribution in [0.25, 0.3) is 0 Å². The van der Waals surface area contributed by atoms with Gasteiger partial charge in [-0.25, -0.2) is 18.1 Å². The van der Waals surface area contributed by atoms with Crippen LogP contribution in [0.4, 0.5) is 0 Å². The van der Waals surface area contributed by atoms with Crippen molar-refractivity contribution in [1.82, 2.24) is 5.32 Å². The van der Waals surface area contributed by atoms with Gasteiger partial charge >= 0.3 is 7.82 Å². The molecule has 0 unspecified atom stereocenters. The highest BCUT2D eigenvalue weighted by Gasteiger charge is 2.12. The zero-order valence-electron chi connectivity index (χ0n) is 12.9. The minimum atomic E-state index is -4.39. The number of sulfonamides is 1. The number of phosphoric ester groups is 1. The smallest absolute Gasteiger partial charge is 0.352 e. The highest BCUT2D eigenvalue weighted by atomic mass is 32.2. The van der Waals surface area contributed by atoms with E-state index in [-0.39, 0.29) is 17.4 Å². The number of hydrogen-bond acceptors (Lipinski definition) is 5. The number of unbranched alkanes of at least 4 members (excludes halogenated alkanes) is 3. The summed E-state index contributed by atoms with van der Waals surface area (Å²) in [5.41, 5.74) is 0.331. The fourth-order valence-corrected chi connectivity index (χ4v) is 2.75. The van der Waals surface area contributed by atoms with Gasteiger partial charge in [0.25, 0.3) is 5.91 Å². The van der Waals surface area contributed by atoms with E-state index in [1.54, 1.807) is 0 Å². The van der Waals surface area contributed by atoms with Gasteiger partial charge in [-0.15, -0.1) is 0 Å². The molecule has 0 aromatic heterocycles. The molecular formula is C13H21N2O7PS. The molecule has 24 heavy (non-hydrogen) atoms. The quantitative estimate of drug-likeness (QED) is 0.344. The second kappa shape index (κ2) is 9.26. The van der Waals surface area contributed by atoms with Crippen LogP contribution in [0.3, 0.4) is 0 Å². The van der Waals surface area contributed by atoms with Crippen molar-refractivity contribution in [2.45, 2.75) is 30.6 Å². The van der Waals surface area contributed by atoms with Crippen molar-refractivity contribution >= 4 is 23.8 Å². The Balaban J connectivity index is 2.21. The number of phosphoric acid groups is 1. The molecule has 136 valence electrons. The summed E-state index contributed by atoms with van der Waals surface area (Å²) in [5.74, 6) is -0.319. The molecule has 0 aliphatic heterocycles. The molecular weight excluding hydrogens is 359 g/mol. The predicted octanol–water partition coefficient (Wildman–Crippen LogP) is 0.733. The molecule has 0 heterocycles. The number of carbonyl (C=O) groups is 1. The number of nitrogens with one attached hydrogen (secondary N) is 1. The Kier molecular flexibility index (Phi) is 8.01. The highest BCUT2D eigenvalue weighted by Crippen LogP contribution is 2.35. The lowest BCUT2D eigenvalue weighted by atomic mass is 10.2. The van der Waals surface area contributed by atoms with E-state index in [1.807, 2.05) is 0 Å². The molecule has 1 aromatic rings. The number of nitrogens with two attached hydrogens (primary N) is 1. The molecule has 0 fully saturated rings. The van der Waals surface area contributed by atoms with Gasteiger partial charge in [0.15, 0.2) is 0 Å². The Bertz CT molecular complexity index is 685. The summed E-state index contributed by atoms with van der Waals surface area (Å²) in [5, 5.41) is 7.67. The lowest BCUT2D eigenvalue weighted by molar-refractivity contribution is 0.0952. The second-order valence-electron chi connectivity index (χ2n) is 5.06. The summed E-state index contributed by atoms with van der Waals surface area (Å²) in [6.45, 7) is 0.433. The molecule has 1 aromatic carbocycles. The minimum Gasteiger partial charge on any atom is -0.352 e. The largest absolute Gasteiger partial charge is 0.469 e. The predicted molar refractivity (Wildman–Crippen MR) is 86.6 cm³/mol. The standard InChI is InChI=1S/C13H21N2O7PS/c14-24(20,21)12-7-5-11(6-8-12)13(16)15-9-3-1-2-4-10-22-23(17,18)19/h5-8H,1-4,9-10H2,(H,15,16)(H2,14,20,21)(H2,17,18,19). The maximum atomic E-state index is 11.9. The summed E-state index contributed by atoms with van der Waals surface area (Å²) >= 11 is 0. The van der Waals surface area contributed by atoms with Crippen molar-refractivity contribution in [2.75, 3.05) is 13.2 Å². The van der Waals surface area contributed by atoms with Gasteiger partial charge in [-0.3, -0.25) is 9.32 Å². The second-order valence-corrected chi connectivity index (χ2v) is 7.86. The van der Waals surface area contributed by atoms with Crippen molar-refractivity contribution in [3.05, 3.63) is 29.8 Å². The molecule has 0 saturated heterocycles. The first kappa shape index (κ1) is 20.8. The number of benzene rings is 1. The highest BCUT2D eigenvalue weighted by molar-refractivity contribution is 7.89. The number of amides is 1. The van der Waals surface area contributed by atoms with Crippen LogP contribution < -0.4 is 10.5 Å². The lowest BCUT2D eigenvalue weighted by Crippen LogP contribution is -2.24. The van der Waals surface area contributed by atoms with Crippen LogP contribution in [-0.4, -0.2) is 37.3 Å². The summed E-state index contributed by atoms with van der Waals surface area (Å²) in [7, 11) is -8.17. The first-order valence-electron chi connectivity index (χ1n) is 7.21. The fourth-order valence-electron chi connectivity index (χ4n) is 1.86. The zero-order chi connectivity index (χ0) is 18.2. The third kappa shape index (κ3) is 8.53. The van der Waals surface area contributed by atoms with Crippen LogP contribution in [0.1, 0.15) is 36.0 Å². The molecule has 0 radical (unpaired) electrons. The third-order valence-corrected chi connectivity index (χ3v) is 4.51. The van der Waals surface area contributed by atoms with Gasteiger partial charge < -0.3 is 15.1 Å². The topological polar surface area (TPSA) is 156 Å². The Morgan fingerprint density at radius 2 is 1.71 bits per heavy atom. The monoisotopic (exact) mass is 380 g/mol. The first-order valence-corrected chi connectivity index (χ1v) is 10.3. The molecule has 0 spiro atoms. The normalized spacial score (nSPS) is 12.1. The van der Waals surface area contributed by atoms with Gasteiger partial charge in [0, 0.05) is 12.1 Å². The van der Waals surface area contributed by atoms with Gasteiger partial charge in [-0.1, -0.05) is 12.8 Å². The molecule has 1 rings (SSSR count). The molecule has 11 heteroatoms. The van der Waals surface area contributed by atoms with Crippen LogP contribution in [0.15, 0.2) is 29.2 Å². The Morgan fingerprint density at radius 3 is 2.25 bits per heavy atom. The van der Waals surface area contributed by atoms with Crippen LogP contribution in [-0.2, 0) is 19.1 Å². The SMILES string of the molecule is NS(=O)(=O)c1ccc(C(=O)NCCCCCCOP(=O)(O)O)cc1. The van der Waals surface area contributed by atoms with Gasteiger partial charge in [-0.2, -0.15) is 0 Å². The Hall–Kier alpha value is -1.29. The Labute approximate surface area is 140 Å². The maximum absolute atomic E-state index is 11.9. The molecule has 5 N–H and O–H groups in total. The molecule has 1 amide bonds. The molecule has 0 aliphatic carbocycles. The van der Waals surface area contributed by atoms with Gasteiger partial charge in [0.1, 0.15) is 0 Å².